The van der Waals surface area contributed by atoms with Crippen LogP contribution >= 0.6 is 0 Å². The topological polar surface area (TPSA) is 43.0 Å². The maximum absolute atomic E-state index is 5.34. The number of ether oxygens (including phenoxy) is 3. The highest BCUT2D eigenvalue weighted by atomic mass is 16.5. The van der Waals surface area contributed by atoms with Crippen LogP contribution < -0.4 is 14.9 Å². The Morgan fingerprint density at radius 2 is 1.84 bits per heavy atom. The van der Waals surface area contributed by atoms with E-state index in [0.29, 0.717) is 0 Å². The van der Waals surface area contributed by atoms with Gasteiger partial charge in [-0.1, -0.05) is 6.07 Å². The van der Waals surface area contributed by atoms with Gasteiger partial charge < -0.3 is 14.2 Å². The molecule has 0 bridgehead atoms. The van der Waals surface area contributed by atoms with Gasteiger partial charge in [-0.05, 0) is 24.6 Å². The Morgan fingerprint density at radius 1 is 1.16 bits per heavy atom. The van der Waals surface area contributed by atoms with Gasteiger partial charge in [-0.3, -0.25) is 0 Å². The van der Waals surface area contributed by atoms with Gasteiger partial charge in [-0.25, -0.2) is 10.4 Å². The van der Waals surface area contributed by atoms with Crippen molar-refractivity contribution in [2.75, 3.05) is 40.5 Å². The zero-order chi connectivity index (χ0) is 13.7. The number of methoxy groups -OCH3 is 2. The quantitative estimate of drug-likeness (QED) is 0.877. The zero-order valence-electron chi connectivity index (χ0n) is 11.8. The molecule has 5 heteroatoms. The molecule has 19 heavy (non-hydrogen) atoms. The van der Waals surface area contributed by atoms with Crippen LogP contribution in [0, 0.1) is 0 Å². The normalized spacial score (nSPS) is 18.1. The molecule has 106 valence electrons. The Hall–Kier alpha value is -1.30. The second-order valence-corrected chi connectivity index (χ2v) is 4.56. The molecule has 1 heterocycles. The van der Waals surface area contributed by atoms with Crippen molar-refractivity contribution in [2.45, 2.75) is 13.0 Å². The number of hydrogen-bond acceptors (Lipinski definition) is 5. The summed E-state index contributed by atoms with van der Waals surface area (Å²) in [5.74, 6) is 1.51. The predicted octanol–water partition coefficient (Wildman–Crippen LogP) is 1.60. The summed E-state index contributed by atoms with van der Waals surface area (Å²) in [6.07, 6.45) is 0. The maximum atomic E-state index is 5.34. The Kier molecular flexibility index (Phi) is 5.01. The van der Waals surface area contributed by atoms with Crippen molar-refractivity contribution < 1.29 is 14.2 Å². The standard InChI is InChI=1S/C14H22N2O3/c1-11(15-16-6-8-19-9-7-16)12-4-5-13(17-2)14(10-12)18-3/h4-5,10-11,15H,6-9H2,1-3H3. The first-order valence-electron chi connectivity index (χ1n) is 6.55. The highest BCUT2D eigenvalue weighted by molar-refractivity contribution is 5.43. The van der Waals surface area contributed by atoms with Crippen LogP contribution in [0.25, 0.3) is 0 Å². The molecule has 1 aromatic rings. The fourth-order valence-corrected chi connectivity index (χ4v) is 2.16. The minimum absolute atomic E-state index is 0.220. The number of morpholine rings is 1. The van der Waals surface area contributed by atoms with Crippen molar-refractivity contribution >= 4 is 0 Å². The molecule has 1 aromatic carbocycles. The van der Waals surface area contributed by atoms with Gasteiger partial charge in [0.05, 0.1) is 27.4 Å². The average Bonchev–Trinajstić information content (AvgIpc) is 2.47. The fourth-order valence-electron chi connectivity index (χ4n) is 2.16. The van der Waals surface area contributed by atoms with Gasteiger partial charge in [-0.2, -0.15) is 0 Å². The van der Waals surface area contributed by atoms with Crippen LogP contribution in [0.15, 0.2) is 18.2 Å². The van der Waals surface area contributed by atoms with Crippen molar-refractivity contribution in [1.29, 1.82) is 0 Å². The molecule has 0 aliphatic carbocycles. The lowest BCUT2D eigenvalue weighted by molar-refractivity contribution is 0.00483. The molecule has 1 fully saturated rings. The Labute approximate surface area is 114 Å². The third-order valence-corrected chi connectivity index (χ3v) is 3.29. The van der Waals surface area contributed by atoms with Gasteiger partial charge in [0.15, 0.2) is 11.5 Å². The second kappa shape index (κ2) is 6.75. The molecule has 2 rings (SSSR count). The van der Waals surface area contributed by atoms with E-state index < -0.39 is 0 Å². The SMILES string of the molecule is COc1ccc(C(C)NN2CCOCC2)cc1OC. The molecular formula is C14H22N2O3. The first-order valence-corrected chi connectivity index (χ1v) is 6.55. The molecule has 0 amide bonds. The van der Waals surface area contributed by atoms with Crippen LogP contribution in [0.2, 0.25) is 0 Å². The number of hydrazine groups is 1. The van der Waals surface area contributed by atoms with E-state index in [0.717, 1.165) is 37.8 Å². The molecule has 1 N–H and O–H groups in total. The highest BCUT2D eigenvalue weighted by Crippen LogP contribution is 2.29. The summed E-state index contributed by atoms with van der Waals surface area (Å²) in [5.41, 5.74) is 4.65. The molecule has 1 aliphatic rings. The molecule has 0 aromatic heterocycles. The number of nitrogens with one attached hydrogen (secondary N) is 1. The van der Waals surface area contributed by atoms with Crippen molar-refractivity contribution in [3.05, 3.63) is 23.8 Å². The van der Waals surface area contributed by atoms with E-state index in [1.807, 2.05) is 12.1 Å². The lowest BCUT2D eigenvalue weighted by Gasteiger charge is -2.30. The summed E-state index contributed by atoms with van der Waals surface area (Å²) in [4.78, 5) is 0. The van der Waals surface area contributed by atoms with E-state index in [-0.39, 0.29) is 6.04 Å². The number of nitrogens with zero attached hydrogens (tertiary/aromatic N) is 1. The largest absolute Gasteiger partial charge is 0.493 e. The van der Waals surface area contributed by atoms with Crippen molar-refractivity contribution in [3.63, 3.8) is 0 Å². The van der Waals surface area contributed by atoms with Gasteiger partial charge in [0.25, 0.3) is 0 Å². The highest BCUT2D eigenvalue weighted by Gasteiger charge is 2.15. The maximum Gasteiger partial charge on any atom is 0.161 e. The lowest BCUT2D eigenvalue weighted by atomic mass is 10.1. The fraction of sp³-hybridized carbons (Fsp3) is 0.571. The van der Waals surface area contributed by atoms with Gasteiger partial charge >= 0.3 is 0 Å². The second-order valence-electron chi connectivity index (χ2n) is 4.56. The van der Waals surface area contributed by atoms with Crippen molar-refractivity contribution in [3.8, 4) is 11.5 Å². The molecule has 0 spiro atoms. The van der Waals surface area contributed by atoms with E-state index in [9.17, 15) is 0 Å². The molecule has 1 atom stereocenters. The minimum Gasteiger partial charge on any atom is -0.493 e. The molecular weight excluding hydrogens is 244 g/mol. The molecule has 0 radical (unpaired) electrons. The number of hydrogen-bond donors (Lipinski definition) is 1. The van der Waals surface area contributed by atoms with E-state index in [1.165, 1.54) is 5.56 Å². The zero-order valence-corrected chi connectivity index (χ0v) is 11.8. The summed E-state index contributed by atoms with van der Waals surface area (Å²) in [7, 11) is 3.30. The van der Waals surface area contributed by atoms with Crippen LogP contribution in [0.3, 0.4) is 0 Å². The van der Waals surface area contributed by atoms with E-state index in [2.05, 4.69) is 23.4 Å². The van der Waals surface area contributed by atoms with Gasteiger partial charge in [0, 0.05) is 19.1 Å². The van der Waals surface area contributed by atoms with Crippen LogP contribution in [0.5, 0.6) is 11.5 Å². The average molecular weight is 266 g/mol. The third-order valence-electron chi connectivity index (χ3n) is 3.29. The van der Waals surface area contributed by atoms with Crippen LogP contribution in [-0.2, 0) is 4.74 Å². The van der Waals surface area contributed by atoms with Crippen LogP contribution in [-0.4, -0.2) is 45.5 Å². The van der Waals surface area contributed by atoms with Crippen molar-refractivity contribution in [1.82, 2.24) is 10.4 Å². The number of benzene rings is 1. The van der Waals surface area contributed by atoms with Crippen LogP contribution in [0.1, 0.15) is 18.5 Å². The number of rotatable bonds is 5. The van der Waals surface area contributed by atoms with E-state index in [4.69, 9.17) is 14.2 Å². The third kappa shape index (κ3) is 3.59. The van der Waals surface area contributed by atoms with Gasteiger partial charge in [0.1, 0.15) is 0 Å². The predicted molar refractivity (Wildman–Crippen MR) is 73.5 cm³/mol. The summed E-state index contributed by atoms with van der Waals surface area (Å²) in [5, 5.41) is 2.20. The molecule has 1 unspecified atom stereocenters. The molecule has 1 saturated heterocycles. The Balaban J connectivity index is 2.03. The van der Waals surface area contributed by atoms with E-state index >= 15 is 0 Å². The lowest BCUT2D eigenvalue weighted by Crippen LogP contribution is -2.46. The first-order chi connectivity index (χ1) is 9.24. The van der Waals surface area contributed by atoms with E-state index in [1.54, 1.807) is 14.2 Å². The van der Waals surface area contributed by atoms with Crippen molar-refractivity contribution in [2.24, 2.45) is 0 Å². The molecule has 0 saturated carbocycles. The Morgan fingerprint density at radius 3 is 2.47 bits per heavy atom. The summed E-state index contributed by atoms with van der Waals surface area (Å²) in [6, 6.07) is 6.22. The monoisotopic (exact) mass is 266 g/mol. The van der Waals surface area contributed by atoms with Gasteiger partial charge in [-0.15, -0.1) is 0 Å². The summed E-state index contributed by atoms with van der Waals surface area (Å²) in [6.45, 7) is 5.53. The van der Waals surface area contributed by atoms with Crippen LogP contribution in [0.4, 0.5) is 0 Å². The van der Waals surface area contributed by atoms with Gasteiger partial charge in [0.2, 0.25) is 0 Å². The summed E-state index contributed by atoms with van der Waals surface area (Å²) >= 11 is 0. The minimum atomic E-state index is 0.220. The molecule has 5 nitrogen and oxygen atoms in total. The smallest absolute Gasteiger partial charge is 0.161 e. The first kappa shape index (κ1) is 14.1. The molecule has 1 aliphatic heterocycles. The summed E-state index contributed by atoms with van der Waals surface area (Å²) < 4.78 is 15.9. The Bertz CT molecular complexity index is 406.